The maximum atomic E-state index is 2.77. The molecule has 15 rings (SSSR count). The van der Waals surface area contributed by atoms with E-state index in [4.69, 9.17) is 0 Å². The molecule has 2 aromatic heterocycles. The van der Waals surface area contributed by atoms with Gasteiger partial charge < -0.3 is 9.38 Å². The van der Waals surface area contributed by atoms with Gasteiger partial charge in [0.25, 0.3) is 0 Å². The second kappa shape index (κ2) is 9.90. The lowest BCUT2D eigenvalue weighted by molar-refractivity contribution is 0.660. The largest absolute Gasteiger partial charge is 0.367 e. The van der Waals surface area contributed by atoms with Crippen molar-refractivity contribution in [3.05, 3.63) is 197 Å². The van der Waals surface area contributed by atoms with E-state index in [2.05, 4.69) is 187 Å². The van der Waals surface area contributed by atoms with Gasteiger partial charge in [-0.05, 0) is 90.3 Å². The first-order valence-corrected chi connectivity index (χ1v) is 21.4. The van der Waals surface area contributed by atoms with E-state index in [9.17, 15) is 0 Å². The first-order chi connectivity index (χ1) is 28.6. The van der Waals surface area contributed by atoms with Crippen LogP contribution in [0.3, 0.4) is 0 Å². The van der Waals surface area contributed by atoms with Crippen LogP contribution in [0, 0.1) is 0 Å². The zero-order chi connectivity index (χ0) is 37.8. The fraction of sp³-hybridized carbons (Fsp3) is 0.0741. The molecule has 2 aliphatic carbocycles. The Morgan fingerprint density at radius 2 is 1.10 bits per heavy atom. The van der Waals surface area contributed by atoms with Gasteiger partial charge in [-0.25, -0.2) is 0 Å². The Morgan fingerprint density at radius 1 is 0.500 bits per heavy atom. The molecule has 2 nitrogen and oxygen atoms in total. The van der Waals surface area contributed by atoms with E-state index < -0.39 is 5.41 Å². The highest BCUT2D eigenvalue weighted by molar-refractivity contribution is 7.26. The molecule has 0 N–H and O–H groups in total. The number of benzene rings is 8. The van der Waals surface area contributed by atoms with Gasteiger partial charge in [-0.15, -0.1) is 11.3 Å². The average Bonchev–Trinajstić information content (AvgIpc) is 3.96. The smallest absolute Gasteiger partial charge is 0.333 e. The summed E-state index contributed by atoms with van der Waals surface area (Å²) in [6.07, 6.45) is 0. The minimum absolute atomic E-state index is 0.0156. The molecule has 268 valence electrons. The van der Waals surface area contributed by atoms with E-state index >= 15 is 0 Å². The third-order valence-corrected chi connectivity index (χ3v) is 15.9. The molecule has 0 atom stereocenters. The maximum Gasteiger partial charge on any atom is 0.333 e. The predicted octanol–water partition coefficient (Wildman–Crippen LogP) is 12.4. The molecule has 0 amide bonds. The van der Waals surface area contributed by atoms with Crippen LogP contribution in [-0.2, 0) is 10.8 Å². The van der Waals surface area contributed by atoms with Crippen LogP contribution in [0.25, 0.3) is 64.6 Å². The maximum absolute atomic E-state index is 2.77. The number of hydrogen-bond donors (Lipinski definition) is 0. The Balaban J connectivity index is 1.19. The Morgan fingerprint density at radius 3 is 1.90 bits per heavy atom. The fourth-order valence-corrected chi connectivity index (χ4v) is 14.0. The molecule has 58 heavy (non-hydrogen) atoms. The Kier molecular flexibility index (Phi) is 5.21. The van der Waals surface area contributed by atoms with Gasteiger partial charge in [0.05, 0.1) is 15.9 Å². The van der Waals surface area contributed by atoms with Crippen LogP contribution < -0.4 is 15.8 Å². The van der Waals surface area contributed by atoms with Gasteiger partial charge in [0, 0.05) is 48.7 Å². The van der Waals surface area contributed by atoms with Crippen molar-refractivity contribution < 1.29 is 0 Å². The Hall–Kier alpha value is -6.62. The van der Waals surface area contributed by atoms with Gasteiger partial charge in [-0.1, -0.05) is 159 Å². The molecule has 5 heterocycles. The highest BCUT2D eigenvalue weighted by Gasteiger charge is 2.56. The van der Waals surface area contributed by atoms with Crippen molar-refractivity contribution in [1.82, 2.24) is 4.48 Å². The summed E-state index contributed by atoms with van der Waals surface area (Å²) >= 11 is 1.96. The van der Waals surface area contributed by atoms with E-state index in [1.165, 1.54) is 126 Å². The molecule has 0 saturated heterocycles. The van der Waals surface area contributed by atoms with Gasteiger partial charge in [0.2, 0.25) is 0 Å². The van der Waals surface area contributed by atoms with Gasteiger partial charge in [0.15, 0.2) is 0 Å². The van der Waals surface area contributed by atoms with E-state index in [0.717, 1.165) is 0 Å². The Bertz CT molecular complexity index is 3540. The van der Waals surface area contributed by atoms with Crippen LogP contribution in [0.1, 0.15) is 47.2 Å². The highest BCUT2D eigenvalue weighted by Crippen LogP contribution is 2.66. The number of nitrogens with zero attached hydrogens (tertiary/aromatic N) is 2. The molecule has 10 aromatic rings. The van der Waals surface area contributed by atoms with Gasteiger partial charge in [-0.3, -0.25) is 0 Å². The average molecular weight is 753 g/mol. The van der Waals surface area contributed by atoms with Crippen LogP contribution in [0.4, 0.5) is 17.1 Å². The minimum atomic E-state index is -0.478. The topological polar surface area (TPSA) is 8.17 Å². The predicted molar refractivity (Wildman–Crippen MR) is 244 cm³/mol. The number of thiophene rings is 1. The van der Waals surface area contributed by atoms with Crippen molar-refractivity contribution >= 4 is 77.4 Å². The van der Waals surface area contributed by atoms with Gasteiger partial charge in [-0.2, -0.15) is 0 Å². The summed E-state index contributed by atoms with van der Waals surface area (Å²) in [6.45, 7) is 4.91. The molecule has 0 saturated carbocycles. The molecule has 0 unspecified atom stereocenters. The molecular formula is C54H33BN2S. The van der Waals surface area contributed by atoms with E-state index in [0.29, 0.717) is 0 Å². The highest BCUT2D eigenvalue weighted by atomic mass is 32.1. The van der Waals surface area contributed by atoms with Crippen molar-refractivity contribution in [3.8, 4) is 33.4 Å². The molecule has 0 bridgehead atoms. The molecular weight excluding hydrogens is 719 g/mol. The van der Waals surface area contributed by atoms with Gasteiger partial charge >= 0.3 is 6.85 Å². The van der Waals surface area contributed by atoms with Crippen LogP contribution in [-0.4, -0.2) is 11.3 Å². The third kappa shape index (κ3) is 3.12. The molecule has 4 heteroatoms. The van der Waals surface area contributed by atoms with E-state index in [1.54, 1.807) is 0 Å². The summed E-state index contributed by atoms with van der Waals surface area (Å²) in [4.78, 5) is 4.11. The van der Waals surface area contributed by atoms with Crippen LogP contribution in [0.15, 0.2) is 164 Å². The fourth-order valence-electron chi connectivity index (χ4n) is 12.7. The molecule has 1 spiro atoms. The number of rotatable bonds is 0. The molecule has 5 aliphatic rings. The molecule has 3 aliphatic heterocycles. The summed E-state index contributed by atoms with van der Waals surface area (Å²) in [7, 11) is 0. The lowest BCUT2D eigenvalue weighted by Gasteiger charge is -2.50. The van der Waals surface area contributed by atoms with Crippen LogP contribution in [0.2, 0.25) is 0 Å². The molecule has 0 fully saturated rings. The normalized spacial score (nSPS) is 16.0. The standard InChI is InChI=1S/C54H33BN2S/c1-53(2)38-21-7-3-17-32(38)36-29-37-33-19-13-20-35-46-34-18-6-12-28-45(34)58-52(46)57(49(33)35)55-43-26-14-25-42-50(43)56(51(47(36)53)48(37)55)44-27-11-10-24-41(44)54(42)39-22-8-4-15-30(39)31-16-5-9-23-40(31)54/h3-29H,1-2H3. The third-order valence-electron chi connectivity index (χ3n) is 14.7. The Labute approximate surface area is 340 Å². The number of anilines is 3. The van der Waals surface area contributed by atoms with Crippen LogP contribution >= 0.6 is 11.3 Å². The van der Waals surface area contributed by atoms with E-state index in [1.807, 2.05) is 11.3 Å². The van der Waals surface area contributed by atoms with Crippen LogP contribution in [0.5, 0.6) is 0 Å². The first-order valence-electron chi connectivity index (χ1n) is 20.6. The van der Waals surface area contributed by atoms with Crippen molar-refractivity contribution in [2.75, 3.05) is 4.90 Å². The van der Waals surface area contributed by atoms with Crippen molar-refractivity contribution in [3.63, 3.8) is 0 Å². The van der Waals surface area contributed by atoms with Crippen molar-refractivity contribution in [2.45, 2.75) is 24.7 Å². The quantitative estimate of drug-likeness (QED) is 0.140. The summed E-state index contributed by atoms with van der Waals surface area (Å²) < 4.78 is 4.12. The summed E-state index contributed by atoms with van der Waals surface area (Å²) in [5.41, 5.74) is 23.8. The summed E-state index contributed by atoms with van der Waals surface area (Å²) in [6, 6.07) is 63.0. The number of fused-ring (bicyclic) bond motifs is 22. The second-order valence-corrected chi connectivity index (χ2v) is 18.5. The lowest BCUT2D eigenvalue weighted by atomic mass is 9.43. The number of hydrogen-bond acceptors (Lipinski definition) is 2. The zero-order valence-corrected chi connectivity index (χ0v) is 32.8. The van der Waals surface area contributed by atoms with Crippen molar-refractivity contribution in [2.24, 2.45) is 0 Å². The number of para-hydroxylation sites is 3. The lowest BCUT2D eigenvalue weighted by Crippen LogP contribution is -2.59. The summed E-state index contributed by atoms with van der Waals surface area (Å²) in [5, 5.41) is 4.09. The minimum Gasteiger partial charge on any atom is -0.367 e. The SMILES string of the molecule is CC1(C)c2ccccc2-c2cc3c4c(c21)N1c2ccccc2C2(c5ccccc5-c5ccccc52)c2cccc(c21)B4n1c2sc4ccccc4c2c2cccc-3c21. The first kappa shape index (κ1) is 30.5. The van der Waals surface area contributed by atoms with E-state index in [-0.39, 0.29) is 12.3 Å². The van der Waals surface area contributed by atoms with Crippen molar-refractivity contribution in [1.29, 1.82) is 0 Å². The molecule has 0 radical (unpaired) electrons. The molecule has 8 aromatic carbocycles. The van der Waals surface area contributed by atoms with Gasteiger partial charge in [0.1, 0.15) is 0 Å². The summed E-state index contributed by atoms with van der Waals surface area (Å²) in [5.74, 6) is 0. The zero-order valence-electron chi connectivity index (χ0n) is 32.0. The second-order valence-electron chi connectivity index (χ2n) is 17.5. The monoisotopic (exact) mass is 752 g/mol. The number of aromatic nitrogens is 1.